The first-order valence-corrected chi connectivity index (χ1v) is 5.44. The molecule has 2 rings (SSSR count). The van der Waals surface area contributed by atoms with E-state index in [2.05, 4.69) is 0 Å². The molecule has 0 N–H and O–H groups in total. The Kier molecular flexibility index (Phi) is 3.08. The first-order chi connectivity index (χ1) is 7.62. The molecule has 0 unspecified atom stereocenters. The Morgan fingerprint density at radius 3 is 2.50 bits per heavy atom. The fourth-order valence-corrected chi connectivity index (χ4v) is 1.86. The van der Waals surface area contributed by atoms with Crippen molar-refractivity contribution in [2.75, 3.05) is 13.2 Å². The minimum absolute atomic E-state index is 0.148. The van der Waals surface area contributed by atoms with Gasteiger partial charge in [0.1, 0.15) is 6.29 Å². The van der Waals surface area contributed by atoms with Crippen molar-refractivity contribution in [2.24, 2.45) is 0 Å². The summed E-state index contributed by atoms with van der Waals surface area (Å²) >= 11 is 0. The van der Waals surface area contributed by atoms with Gasteiger partial charge in [-0.05, 0) is 19.4 Å². The minimum atomic E-state index is -0.507. The molecule has 86 valence electrons. The molecule has 1 aromatic rings. The van der Waals surface area contributed by atoms with Crippen LogP contribution in [0.5, 0.6) is 0 Å². The number of carbonyl (C=O) groups is 1. The molecule has 1 heterocycles. The number of benzene rings is 1. The average molecular weight is 220 g/mol. The number of carbonyl (C=O) groups excluding carboxylic acids is 1. The Hall–Kier alpha value is -1.19. The summed E-state index contributed by atoms with van der Waals surface area (Å²) in [4.78, 5) is 10.9. The maximum atomic E-state index is 10.9. The molecule has 0 bridgehead atoms. The molecule has 0 spiro atoms. The zero-order valence-electron chi connectivity index (χ0n) is 9.60. The summed E-state index contributed by atoms with van der Waals surface area (Å²) in [5.41, 5.74) is 1.73. The van der Waals surface area contributed by atoms with Crippen LogP contribution in [-0.4, -0.2) is 25.3 Å². The molecule has 0 aliphatic carbocycles. The molecule has 1 saturated heterocycles. The molecule has 3 heteroatoms. The molecule has 0 radical (unpaired) electrons. The van der Waals surface area contributed by atoms with E-state index in [9.17, 15) is 4.79 Å². The molecular weight excluding hydrogens is 204 g/mol. The fraction of sp³-hybridized carbons (Fsp3) is 0.462. The first-order valence-electron chi connectivity index (χ1n) is 5.44. The van der Waals surface area contributed by atoms with Crippen LogP contribution >= 0.6 is 0 Å². The van der Waals surface area contributed by atoms with E-state index in [0.29, 0.717) is 13.2 Å². The normalized spacial score (nSPS) is 20.6. The van der Waals surface area contributed by atoms with Crippen molar-refractivity contribution in [1.29, 1.82) is 0 Å². The standard InChI is InChI=1S/C13H16O3/c1-13(2)15-8-11(9-16-13)12-6-4-3-5-10(12)7-14/h3-7,11H,8-9H2,1-2H3. The lowest BCUT2D eigenvalue weighted by Gasteiger charge is -2.35. The summed E-state index contributed by atoms with van der Waals surface area (Å²) in [5.74, 6) is -0.360. The van der Waals surface area contributed by atoms with E-state index in [1.165, 1.54) is 0 Å². The third-order valence-corrected chi connectivity index (χ3v) is 2.83. The maximum absolute atomic E-state index is 10.9. The van der Waals surface area contributed by atoms with Crippen LogP contribution in [0.2, 0.25) is 0 Å². The van der Waals surface area contributed by atoms with Crippen LogP contribution < -0.4 is 0 Å². The van der Waals surface area contributed by atoms with Gasteiger partial charge in [0.25, 0.3) is 0 Å². The van der Waals surface area contributed by atoms with Gasteiger partial charge in [-0.2, -0.15) is 0 Å². The summed E-state index contributed by atoms with van der Waals surface area (Å²) < 4.78 is 11.2. The summed E-state index contributed by atoms with van der Waals surface area (Å²) in [6.07, 6.45) is 0.884. The van der Waals surface area contributed by atoms with Gasteiger partial charge in [-0.25, -0.2) is 0 Å². The minimum Gasteiger partial charge on any atom is -0.350 e. The Balaban J connectivity index is 2.17. The van der Waals surface area contributed by atoms with Crippen LogP contribution in [0.3, 0.4) is 0 Å². The Morgan fingerprint density at radius 1 is 1.25 bits per heavy atom. The van der Waals surface area contributed by atoms with Crippen LogP contribution in [0.25, 0.3) is 0 Å². The molecular formula is C13H16O3. The van der Waals surface area contributed by atoms with Gasteiger partial charge in [-0.3, -0.25) is 4.79 Å². The Bertz CT molecular complexity index is 375. The third kappa shape index (κ3) is 2.31. The SMILES string of the molecule is CC1(C)OCC(c2ccccc2C=O)CO1. The first kappa shape index (κ1) is 11.3. The number of ether oxygens (including phenoxy) is 2. The highest BCUT2D eigenvalue weighted by atomic mass is 16.7. The molecule has 16 heavy (non-hydrogen) atoms. The Labute approximate surface area is 95.4 Å². The van der Waals surface area contributed by atoms with Crippen LogP contribution in [-0.2, 0) is 9.47 Å². The van der Waals surface area contributed by atoms with E-state index >= 15 is 0 Å². The molecule has 0 aromatic heterocycles. The van der Waals surface area contributed by atoms with Crippen LogP contribution in [0, 0.1) is 0 Å². The monoisotopic (exact) mass is 220 g/mol. The molecule has 3 nitrogen and oxygen atoms in total. The van der Waals surface area contributed by atoms with Gasteiger partial charge in [0.15, 0.2) is 5.79 Å². The van der Waals surface area contributed by atoms with Gasteiger partial charge in [0.2, 0.25) is 0 Å². The summed E-state index contributed by atoms with van der Waals surface area (Å²) in [5, 5.41) is 0. The maximum Gasteiger partial charge on any atom is 0.162 e. The Morgan fingerprint density at radius 2 is 1.88 bits per heavy atom. The zero-order chi connectivity index (χ0) is 11.6. The second-order valence-corrected chi connectivity index (χ2v) is 4.47. The van der Waals surface area contributed by atoms with Crippen molar-refractivity contribution >= 4 is 6.29 Å². The number of hydrogen-bond acceptors (Lipinski definition) is 3. The fourth-order valence-electron chi connectivity index (χ4n) is 1.86. The van der Waals surface area contributed by atoms with E-state index in [1.807, 2.05) is 38.1 Å². The van der Waals surface area contributed by atoms with Gasteiger partial charge in [-0.1, -0.05) is 24.3 Å². The predicted molar refractivity (Wildman–Crippen MR) is 60.6 cm³/mol. The summed E-state index contributed by atoms with van der Waals surface area (Å²) in [6.45, 7) is 4.99. The van der Waals surface area contributed by atoms with E-state index < -0.39 is 5.79 Å². The van der Waals surface area contributed by atoms with Crippen molar-refractivity contribution in [3.63, 3.8) is 0 Å². The van der Waals surface area contributed by atoms with E-state index in [1.54, 1.807) is 0 Å². The molecule has 0 saturated carbocycles. The summed E-state index contributed by atoms with van der Waals surface area (Å²) in [7, 11) is 0. The second kappa shape index (κ2) is 4.36. The molecule has 1 aromatic carbocycles. The van der Waals surface area contributed by atoms with Crippen LogP contribution in [0.15, 0.2) is 24.3 Å². The van der Waals surface area contributed by atoms with Crippen molar-refractivity contribution in [3.05, 3.63) is 35.4 Å². The van der Waals surface area contributed by atoms with Gasteiger partial charge in [0.05, 0.1) is 13.2 Å². The van der Waals surface area contributed by atoms with Gasteiger partial charge < -0.3 is 9.47 Å². The van der Waals surface area contributed by atoms with Crippen molar-refractivity contribution in [3.8, 4) is 0 Å². The van der Waals surface area contributed by atoms with E-state index in [-0.39, 0.29) is 5.92 Å². The highest BCUT2D eigenvalue weighted by Crippen LogP contribution is 2.28. The smallest absolute Gasteiger partial charge is 0.162 e. The molecule has 1 fully saturated rings. The van der Waals surface area contributed by atoms with E-state index in [4.69, 9.17) is 9.47 Å². The highest BCUT2D eigenvalue weighted by Gasteiger charge is 2.29. The quantitative estimate of drug-likeness (QED) is 0.718. The number of aldehydes is 1. The number of hydrogen-bond donors (Lipinski definition) is 0. The van der Waals surface area contributed by atoms with Crippen molar-refractivity contribution < 1.29 is 14.3 Å². The lowest BCUT2D eigenvalue weighted by atomic mass is 9.95. The number of rotatable bonds is 2. The molecule has 1 aliphatic heterocycles. The average Bonchev–Trinajstić information content (AvgIpc) is 2.29. The lowest BCUT2D eigenvalue weighted by Crippen LogP contribution is -2.38. The topological polar surface area (TPSA) is 35.5 Å². The second-order valence-electron chi connectivity index (χ2n) is 4.47. The van der Waals surface area contributed by atoms with Gasteiger partial charge in [-0.15, -0.1) is 0 Å². The zero-order valence-corrected chi connectivity index (χ0v) is 9.60. The summed E-state index contributed by atoms with van der Waals surface area (Å²) in [6, 6.07) is 7.57. The van der Waals surface area contributed by atoms with Crippen LogP contribution in [0.4, 0.5) is 0 Å². The largest absolute Gasteiger partial charge is 0.350 e. The van der Waals surface area contributed by atoms with Gasteiger partial charge in [0, 0.05) is 11.5 Å². The lowest BCUT2D eigenvalue weighted by molar-refractivity contribution is -0.251. The molecule has 0 amide bonds. The predicted octanol–water partition coefficient (Wildman–Crippen LogP) is 2.37. The van der Waals surface area contributed by atoms with Crippen molar-refractivity contribution in [1.82, 2.24) is 0 Å². The highest BCUT2D eigenvalue weighted by molar-refractivity contribution is 5.77. The molecule has 1 aliphatic rings. The van der Waals surface area contributed by atoms with E-state index in [0.717, 1.165) is 17.4 Å². The molecule has 0 atom stereocenters. The van der Waals surface area contributed by atoms with Crippen molar-refractivity contribution in [2.45, 2.75) is 25.6 Å². The van der Waals surface area contributed by atoms with Crippen LogP contribution in [0.1, 0.15) is 35.7 Å². The third-order valence-electron chi connectivity index (χ3n) is 2.83. The van der Waals surface area contributed by atoms with Gasteiger partial charge >= 0.3 is 0 Å².